The first-order valence-electron chi connectivity index (χ1n) is 8.28. The van der Waals surface area contributed by atoms with Crippen molar-refractivity contribution >= 4 is 34.1 Å². The van der Waals surface area contributed by atoms with E-state index >= 15 is 0 Å². The van der Waals surface area contributed by atoms with Crippen molar-refractivity contribution in [1.82, 2.24) is 10.2 Å². The summed E-state index contributed by atoms with van der Waals surface area (Å²) in [6.07, 6.45) is 3.19. The van der Waals surface area contributed by atoms with Gasteiger partial charge in [-0.15, -0.1) is 0 Å². The number of fused-ring (bicyclic) bond motifs is 1. The van der Waals surface area contributed by atoms with E-state index in [0.29, 0.717) is 17.7 Å². The Morgan fingerprint density at radius 2 is 2.16 bits per heavy atom. The second-order valence-electron chi connectivity index (χ2n) is 6.24. The molecule has 1 aliphatic heterocycles. The van der Waals surface area contributed by atoms with Crippen LogP contribution in [0.15, 0.2) is 42.6 Å². The number of amides is 2. The topological polar surface area (TPSA) is 78.1 Å². The zero-order valence-corrected chi connectivity index (χ0v) is 13.9. The maximum atomic E-state index is 12.6. The van der Waals surface area contributed by atoms with Crippen LogP contribution in [0.2, 0.25) is 0 Å². The first-order valence-corrected chi connectivity index (χ1v) is 8.28. The van der Waals surface area contributed by atoms with E-state index in [1.165, 1.54) is 0 Å². The predicted octanol–water partition coefficient (Wildman–Crippen LogP) is 3.25. The highest BCUT2D eigenvalue weighted by molar-refractivity contribution is 6.12. The fraction of sp³-hybridized carbons (Fsp3) is 0.211. The molecular formula is C19H18N4O2. The second kappa shape index (κ2) is 6.05. The minimum absolute atomic E-state index is 0.158. The summed E-state index contributed by atoms with van der Waals surface area (Å²) >= 11 is 0. The third kappa shape index (κ3) is 2.76. The van der Waals surface area contributed by atoms with Gasteiger partial charge in [0.1, 0.15) is 0 Å². The van der Waals surface area contributed by atoms with Crippen LogP contribution in [0.25, 0.3) is 10.9 Å². The molecule has 0 bridgehead atoms. The third-order valence-corrected chi connectivity index (χ3v) is 4.54. The minimum atomic E-state index is -0.195. The highest BCUT2D eigenvalue weighted by Crippen LogP contribution is 2.28. The van der Waals surface area contributed by atoms with Crippen LogP contribution >= 0.6 is 0 Å². The molecule has 3 aromatic rings. The van der Waals surface area contributed by atoms with E-state index in [2.05, 4.69) is 15.5 Å². The number of aryl methyl sites for hydroxylation is 1. The van der Waals surface area contributed by atoms with Crippen LogP contribution in [0, 0.1) is 6.92 Å². The van der Waals surface area contributed by atoms with Crippen molar-refractivity contribution in [2.75, 3.05) is 16.8 Å². The molecule has 0 radical (unpaired) electrons. The van der Waals surface area contributed by atoms with Gasteiger partial charge in [0.15, 0.2) is 0 Å². The lowest BCUT2D eigenvalue weighted by Gasteiger charge is -2.19. The number of carbonyl (C=O) groups excluding carboxylic acids is 2. The van der Waals surface area contributed by atoms with Gasteiger partial charge < -0.3 is 10.2 Å². The molecule has 0 spiro atoms. The van der Waals surface area contributed by atoms with Crippen LogP contribution in [-0.4, -0.2) is 28.6 Å². The Bertz CT molecular complexity index is 976. The van der Waals surface area contributed by atoms with Crippen molar-refractivity contribution in [2.24, 2.45) is 0 Å². The molecular weight excluding hydrogens is 316 g/mol. The van der Waals surface area contributed by atoms with Crippen molar-refractivity contribution in [1.29, 1.82) is 0 Å². The lowest BCUT2D eigenvalue weighted by Crippen LogP contribution is -2.24. The molecule has 6 heteroatoms. The number of anilines is 2. The molecule has 2 heterocycles. The van der Waals surface area contributed by atoms with Gasteiger partial charge >= 0.3 is 0 Å². The monoisotopic (exact) mass is 334 g/mol. The molecule has 0 saturated carbocycles. The molecule has 1 aromatic heterocycles. The summed E-state index contributed by atoms with van der Waals surface area (Å²) in [4.78, 5) is 26.3. The van der Waals surface area contributed by atoms with Gasteiger partial charge in [0.05, 0.1) is 17.3 Å². The number of rotatable bonds is 3. The number of nitrogens with one attached hydrogen (secondary N) is 2. The summed E-state index contributed by atoms with van der Waals surface area (Å²) in [5.74, 6) is -0.0370. The smallest absolute Gasteiger partial charge is 0.257 e. The summed E-state index contributed by atoms with van der Waals surface area (Å²) < 4.78 is 0. The van der Waals surface area contributed by atoms with Crippen LogP contribution < -0.4 is 10.2 Å². The molecule has 1 saturated heterocycles. The number of benzene rings is 2. The molecule has 2 N–H and O–H groups in total. The number of aromatic nitrogens is 2. The van der Waals surface area contributed by atoms with Crippen molar-refractivity contribution in [2.45, 2.75) is 19.8 Å². The van der Waals surface area contributed by atoms with Gasteiger partial charge in [-0.3, -0.25) is 14.7 Å². The van der Waals surface area contributed by atoms with Gasteiger partial charge in [-0.05, 0) is 43.2 Å². The minimum Gasteiger partial charge on any atom is -0.322 e. The van der Waals surface area contributed by atoms with Gasteiger partial charge in [-0.25, -0.2) is 0 Å². The number of nitrogens with zero attached hydrogens (tertiary/aromatic N) is 2. The van der Waals surface area contributed by atoms with Crippen molar-refractivity contribution < 1.29 is 9.59 Å². The quantitative estimate of drug-likeness (QED) is 0.772. The van der Waals surface area contributed by atoms with Crippen molar-refractivity contribution in [3.05, 3.63) is 53.7 Å². The van der Waals surface area contributed by atoms with Gasteiger partial charge in [0, 0.05) is 29.7 Å². The average Bonchev–Trinajstić information content (AvgIpc) is 3.23. The van der Waals surface area contributed by atoms with E-state index in [-0.39, 0.29) is 11.8 Å². The zero-order chi connectivity index (χ0) is 17.4. The molecule has 4 rings (SSSR count). The zero-order valence-electron chi connectivity index (χ0n) is 13.9. The Balaban J connectivity index is 1.58. The lowest BCUT2D eigenvalue weighted by atomic mass is 10.1. The second-order valence-corrected chi connectivity index (χ2v) is 6.24. The molecule has 1 fully saturated rings. The highest BCUT2D eigenvalue weighted by atomic mass is 16.2. The van der Waals surface area contributed by atoms with Crippen LogP contribution in [0.5, 0.6) is 0 Å². The summed E-state index contributed by atoms with van der Waals surface area (Å²) in [5, 5.41) is 10.7. The van der Waals surface area contributed by atoms with E-state index < -0.39 is 0 Å². The Labute approximate surface area is 144 Å². The lowest BCUT2D eigenvalue weighted by molar-refractivity contribution is -0.117. The third-order valence-electron chi connectivity index (χ3n) is 4.54. The van der Waals surface area contributed by atoms with Crippen molar-refractivity contribution in [3.8, 4) is 0 Å². The molecule has 2 amide bonds. The number of aromatic amines is 1. The average molecular weight is 334 g/mol. The molecule has 6 nitrogen and oxygen atoms in total. The number of hydrogen-bond acceptors (Lipinski definition) is 3. The van der Waals surface area contributed by atoms with Crippen LogP contribution in [0.4, 0.5) is 11.4 Å². The van der Waals surface area contributed by atoms with Gasteiger partial charge in [0.25, 0.3) is 5.91 Å². The summed E-state index contributed by atoms with van der Waals surface area (Å²) in [5.41, 5.74) is 3.85. The Morgan fingerprint density at radius 1 is 1.28 bits per heavy atom. The van der Waals surface area contributed by atoms with Crippen molar-refractivity contribution in [3.63, 3.8) is 0 Å². The highest BCUT2D eigenvalue weighted by Gasteiger charge is 2.23. The fourth-order valence-corrected chi connectivity index (χ4v) is 3.30. The summed E-state index contributed by atoms with van der Waals surface area (Å²) in [6.45, 7) is 2.71. The Kier molecular flexibility index (Phi) is 3.72. The van der Waals surface area contributed by atoms with Crippen LogP contribution in [0.1, 0.15) is 28.8 Å². The normalized spacial score (nSPS) is 14.3. The molecule has 0 aliphatic carbocycles. The summed E-state index contributed by atoms with van der Waals surface area (Å²) in [6, 6.07) is 11.1. The number of carbonyl (C=O) groups is 2. The van der Waals surface area contributed by atoms with E-state index in [9.17, 15) is 9.59 Å². The fourth-order valence-electron chi connectivity index (χ4n) is 3.30. The number of H-pyrrole nitrogens is 1. The summed E-state index contributed by atoms with van der Waals surface area (Å²) in [7, 11) is 0. The standard InChI is InChI=1S/C19H18N4O2/c1-12-10-14(7-8-16(12)23-9-3-6-17(23)24)21-19(25)15-5-2-4-13-11-20-22-18(13)15/h2,4-5,7-8,10-11H,3,6,9H2,1H3,(H,20,22)(H,21,25). The first kappa shape index (κ1) is 15.4. The van der Waals surface area contributed by atoms with Gasteiger partial charge in [0.2, 0.25) is 5.91 Å². The SMILES string of the molecule is Cc1cc(NC(=O)c2cccc3cn[nH]c23)ccc1N1CCCC1=O. The van der Waals surface area contributed by atoms with Crippen LogP contribution in [-0.2, 0) is 4.79 Å². The molecule has 2 aromatic carbocycles. The van der Waals surface area contributed by atoms with Gasteiger partial charge in [-0.2, -0.15) is 5.10 Å². The predicted molar refractivity (Wildman–Crippen MR) is 96.8 cm³/mol. The number of hydrogen-bond donors (Lipinski definition) is 2. The largest absolute Gasteiger partial charge is 0.322 e. The molecule has 0 atom stereocenters. The van der Waals surface area contributed by atoms with E-state index in [0.717, 1.165) is 35.1 Å². The first-order chi connectivity index (χ1) is 12.1. The van der Waals surface area contributed by atoms with Crippen LogP contribution in [0.3, 0.4) is 0 Å². The molecule has 25 heavy (non-hydrogen) atoms. The van der Waals surface area contributed by atoms with Gasteiger partial charge in [-0.1, -0.05) is 12.1 Å². The Morgan fingerprint density at radius 3 is 2.92 bits per heavy atom. The van der Waals surface area contributed by atoms with E-state index in [1.54, 1.807) is 12.3 Å². The molecule has 126 valence electrons. The maximum Gasteiger partial charge on any atom is 0.257 e. The maximum absolute atomic E-state index is 12.6. The Hall–Kier alpha value is -3.15. The van der Waals surface area contributed by atoms with E-state index in [4.69, 9.17) is 0 Å². The number of para-hydroxylation sites is 1. The van der Waals surface area contributed by atoms with E-state index in [1.807, 2.05) is 42.2 Å². The molecule has 0 unspecified atom stereocenters. The molecule has 1 aliphatic rings.